The molecule has 1 saturated carbocycles. The molecule has 8 heteroatoms. The van der Waals surface area contributed by atoms with Crippen molar-refractivity contribution in [1.82, 2.24) is 4.31 Å². The van der Waals surface area contributed by atoms with Crippen molar-refractivity contribution in [3.63, 3.8) is 0 Å². The van der Waals surface area contributed by atoms with Crippen LogP contribution in [0.1, 0.15) is 25.7 Å². The number of sulfonamides is 1. The predicted octanol–water partition coefficient (Wildman–Crippen LogP) is 1.53. The molecule has 2 heterocycles. The zero-order valence-electron chi connectivity index (χ0n) is 11.4. The van der Waals surface area contributed by atoms with Crippen LogP contribution >= 0.6 is 11.3 Å². The first-order valence-corrected chi connectivity index (χ1v) is 9.22. The average molecular weight is 331 g/mol. The van der Waals surface area contributed by atoms with Crippen LogP contribution < -0.4 is 0 Å². The molecule has 1 spiro atoms. The molecule has 1 unspecified atom stereocenters. The monoisotopic (exact) mass is 331 g/mol. The minimum absolute atomic E-state index is 0.103. The molecule has 3 rings (SSSR count). The smallest absolute Gasteiger partial charge is 0.306 e. The summed E-state index contributed by atoms with van der Waals surface area (Å²) in [6.45, 7) is 0.424. The van der Waals surface area contributed by atoms with Gasteiger partial charge in [0, 0.05) is 18.5 Å². The molecule has 1 atom stereocenters. The van der Waals surface area contributed by atoms with Gasteiger partial charge in [-0.25, -0.2) is 8.42 Å². The van der Waals surface area contributed by atoms with Crippen LogP contribution in [0, 0.1) is 0 Å². The summed E-state index contributed by atoms with van der Waals surface area (Å²) in [6, 6.07) is 1.58. The van der Waals surface area contributed by atoms with Gasteiger partial charge in [-0.15, -0.1) is 0 Å². The van der Waals surface area contributed by atoms with Gasteiger partial charge in [-0.2, -0.15) is 15.6 Å². The van der Waals surface area contributed by atoms with Crippen LogP contribution in [0.2, 0.25) is 0 Å². The number of carboxylic acid groups (broad SMARTS) is 1. The van der Waals surface area contributed by atoms with Crippen LogP contribution in [0.3, 0.4) is 0 Å². The van der Waals surface area contributed by atoms with Gasteiger partial charge >= 0.3 is 5.97 Å². The highest BCUT2D eigenvalue weighted by atomic mass is 32.2. The Balaban J connectivity index is 1.85. The summed E-state index contributed by atoms with van der Waals surface area (Å²) < 4.78 is 32.5. The molecule has 1 N–H and O–H groups in total. The summed E-state index contributed by atoms with van der Waals surface area (Å²) in [6.07, 6.45) is 1.83. The first kappa shape index (κ1) is 15.0. The van der Waals surface area contributed by atoms with Crippen LogP contribution in [-0.2, 0) is 19.6 Å². The fourth-order valence-electron chi connectivity index (χ4n) is 2.92. The van der Waals surface area contributed by atoms with Crippen LogP contribution in [0.5, 0.6) is 0 Å². The number of hydrogen-bond donors (Lipinski definition) is 1. The molecule has 0 aromatic carbocycles. The van der Waals surface area contributed by atoms with Crippen molar-refractivity contribution in [3.8, 4) is 0 Å². The first-order valence-electron chi connectivity index (χ1n) is 6.83. The summed E-state index contributed by atoms with van der Waals surface area (Å²) >= 11 is 1.33. The fraction of sp³-hybridized carbons (Fsp3) is 0.615. The summed E-state index contributed by atoms with van der Waals surface area (Å²) in [7, 11) is -3.56. The number of carbonyl (C=O) groups is 1. The van der Waals surface area contributed by atoms with E-state index in [1.165, 1.54) is 15.6 Å². The number of hydrogen-bond acceptors (Lipinski definition) is 5. The number of nitrogens with zero attached hydrogens (tertiary/aromatic N) is 1. The van der Waals surface area contributed by atoms with Crippen LogP contribution in [0.4, 0.5) is 0 Å². The summed E-state index contributed by atoms with van der Waals surface area (Å²) in [5.74, 6) is -0.968. The number of carboxylic acids is 1. The Labute approximate surface area is 127 Å². The molecule has 116 valence electrons. The maximum absolute atomic E-state index is 12.6. The lowest BCUT2D eigenvalue weighted by Crippen LogP contribution is -2.60. The van der Waals surface area contributed by atoms with Crippen molar-refractivity contribution in [2.75, 3.05) is 13.1 Å². The lowest BCUT2D eigenvalue weighted by Gasteiger charge is -2.50. The molecule has 21 heavy (non-hydrogen) atoms. The summed E-state index contributed by atoms with van der Waals surface area (Å²) in [4.78, 5) is 11.2. The Bertz CT molecular complexity index is 621. The standard InChI is InChI=1S/C13H17NO5S2/c15-12(16)6-10-7-14(9-13(19-10)3-1-4-13)21(17,18)11-2-5-20-8-11/h2,5,8,10H,1,3-4,6-7,9H2,(H,15,16). The first-order chi connectivity index (χ1) is 9.91. The van der Waals surface area contributed by atoms with Gasteiger partial charge in [0.25, 0.3) is 0 Å². The second kappa shape index (κ2) is 5.35. The molecule has 1 aliphatic carbocycles. The average Bonchev–Trinajstić information content (AvgIpc) is 2.90. The normalized spacial score (nSPS) is 25.6. The SMILES string of the molecule is O=C(O)CC1CN(S(=O)(=O)c2ccsc2)CC2(CCC2)O1. The lowest BCUT2D eigenvalue weighted by molar-refractivity contribution is -0.183. The summed E-state index contributed by atoms with van der Waals surface area (Å²) in [5.41, 5.74) is -0.485. The maximum Gasteiger partial charge on any atom is 0.306 e. The van der Waals surface area contributed by atoms with E-state index in [0.717, 1.165) is 19.3 Å². The van der Waals surface area contributed by atoms with E-state index in [1.54, 1.807) is 16.8 Å². The van der Waals surface area contributed by atoms with Gasteiger partial charge in [-0.05, 0) is 30.7 Å². The largest absolute Gasteiger partial charge is 0.481 e. The molecule has 1 aliphatic heterocycles. The van der Waals surface area contributed by atoms with Gasteiger partial charge in [0.1, 0.15) is 0 Å². The van der Waals surface area contributed by atoms with Gasteiger partial charge in [-0.3, -0.25) is 4.79 Å². The van der Waals surface area contributed by atoms with E-state index in [9.17, 15) is 13.2 Å². The van der Waals surface area contributed by atoms with E-state index >= 15 is 0 Å². The van der Waals surface area contributed by atoms with Gasteiger partial charge in [0.15, 0.2) is 0 Å². The molecule has 1 saturated heterocycles. The molecule has 6 nitrogen and oxygen atoms in total. The second-order valence-electron chi connectivity index (χ2n) is 5.63. The van der Waals surface area contributed by atoms with Crippen molar-refractivity contribution in [2.24, 2.45) is 0 Å². The molecular formula is C13H17NO5S2. The van der Waals surface area contributed by atoms with Gasteiger partial charge in [-0.1, -0.05) is 0 Å². The Morgan fingerprint density at radius 3 is 2.81 bits per heavy atom. The third-order valence-corrected chi connectivity index (χ3v) is 6.73. The second-order valence-corrected chi connectivity index (χ2v) is 8.35. The highest BCUT2D eigenvalue weighted by Gasteiger charge is 2.48. The molecule has 2 fully saturated rings. The Morgan fingerprint density at radius 1 is 1.52 bits per heavy atom. The van der Waals surface area contributed by atoms with Crippen molar-refractivity contribution >= 4 is 27.3 Å². The third kappa shape index (κ3) is 2.85. The molecule has 1 aromatic heterocycles. The lowest BCUT2D eigenvalue weighted by atomic mass is 9.79. The van der Waals surface area contributed by atoms with Gasteiger partial charge < -0.3 is 9.84 Å². The predicted molar refractivity (Wildman–Crippen MR) is 76.8 cm³/mol. The Kier molecular flexibility index (Phi) is 3.81. The number of rotatable bonds is 4. The zero-order chi connectivity index (χ0) is 15.1. The number of aliphatic carboxylic acids is 1. The van der Waals surface area contributed by atoms with Crippen LogP contribution in [0.15, 0.2) is 21.7 Å². The van der Waals surface area contributed by atoms with Crippen molar-refractivity contribution in [3.05, 3.63) is 16.8 Å². The third-order valence-electron chi connectivity index (χ3n) is 4.09. The van der Waals surface area contributed by atoms with E-state index < -0.39 is 27.7 Å². The Morgan fingerprint density at radius 2 is 2.29 bits per heavy atom. The van der Waals surface area contributed by atoms with Crippen molar-refractivity contribution < 1.29 is 23.1 Å². The van der Waals surface area contributed by atoms with E-state index in [4.69, 9.17) is 9.84 Å². The minimum atomic E-state index is -3.56. The number of thiophene rings is 1. The van der Waals surface area contributed by atoms with E-state index in [2.05, 4.69) is 0 Å². The quantitative estimate of drug-likeness (QED) is 0.904. The molecular weight excluding hydrogens is 314 g/mol. The summed E-state index contributed by atoms with van der Waals surface area (Å²) in [5, 5.41) is 12.3. The Hall–Kier alpha value is -0.960. The minimum Gasteiger partial charge on any atom is -0.481 e. The van der Waals surface area contributed by atoms with Crippen LogP contribution in [-0.4, -0.2) is 48.6 Å². The number of ether oxygens (including phenoxy) is 1. The van der Waals surface area contributed by atoms with Gasteiger partial charge in [0.2, 0.25) is 10.0 Å². The molecule has 0 amide bonds. The van der Waals surface area contributed by atoms with E-state index in [0.29, 0.717) is 6.54 Å². The van der Waals surface area contributed by atoms with Gasteiger partial charge in [0.05, 0.1) is 23.0 Å². The van der Waals surface area contributed by atoms with E-state index in [1.807, 2.05) is 0 Å². The maximum atomic E-state index is 12.6. The fourth-order valence-corrected chi connectivity index (χ4v) is 5.48. The zero-order valence-corrected chi connectivity index (χ0v) is 13.0. The van der Waals surface area contributed by atoms with Crippen LogP contribution in [0.25, 0.3) is 0 Å². The molecule has 2 aliphatic rings. The molecule has 1 aromatic rings. The van der Waals surface area contributed by atoms with E-state index in [-0.39, 0.29) is 17.9 Å². The molecule has 0 radical (unpaired) electrons. The van der Waals surface area contributed by atoms with Crippen molar-refractivity contribution in [2.45, 2.75) is 42.3 Å². The topological polar surface area (TPSA) is 83.9 Å². The highest BCUT2D eigenvalue weighted by Crippen LogP contribution is 2.41. The highest BCUT2D eigenvalue weighted by molar-refractivity contribution is 7.89. The van der Waals surface area contributed by atoms with Crippen molar-refractivity contribution in [1.29, 1.82) is 0 Å². The molecule has 0 bridgehead atoms. The number of morpholine rings is 1.